The fourth-order valence-electron chi connectivity index (χ4n) is 3.43. The summed E-state index contributed by atoms with van der Waals surface area (Å²) in [6, 6.07) is 8.51. The van der Waals surface area contributed by atoms with Gasteiger partial charge in [0.05, 0.1) is 0 Å². The van der Waals surface area contributed by atoms with Crippen LogP contribution in [-0.4, -0.2) is 5.60 Å². The molecule has 1 rings (SSSR count). The van der Waals surface area contributed by atoms with E-state index in [1.54, 1.807) is 0 Å². The second-order valence-electron chi connectivity index (χ2n) is 8.50. The van der Waals surface area contributed by atoms with Crippen molar-refractivity contribution in [2.24, 2.45) is 0 Å². The van der Waals surface area contributed by atoms with E-state index in [1.165, 1.54) is 89.0 Å². The first-order valence-corrected chi connectivity index (χ1v) is 11.1. The molecule has 0 bridgehead atoms. The lowest BCUT2D eigenvalue weighted by Gasteiger charge is -2.21. The predicted octanol–water partition coefficient (Wildman–Crippen LogP) is 8.31. The Morgan fingerprint density at radius 2 is 1.27 bits per heavy atom. The van der Waals surface area contributed by atoms with Gasteiger partial charge in [-0.2, -0.15) is 0 Å². The van der Waals surface area contributed by atoms with Gasteiger partial charge in [0.25, 0.3) is 0 Å². The molecular formula is C25H43O. The normalized spacial score (nSPS) is 11.7. The number of hydrogen-bond donors (Lipinski definition) is 0. The van der Waals surface area contributed by atoms with Gasteiger partial charge in [-0.3, -0.25) is 0 Å². The number of hydrogen-bond acceptors (Lipinski definition) is 1. The molecule has 0 heterocycles. The van der Waals surface area contributed by atoms with E-state index < -0.39 is 0 Å². The maximum atomic E-state index is 5.85. The van der Waals surface area contributed by atoms with Crippen LogP contribution < -0.4 is 4.74 Å². The molecule has 0 unspecified atom stereocenters. The summed E-state index contributed by atoms with van der Waals surface area (Å²) in [6.07, 6.45) is 19.5. The van der Waals surface area contributed by atoms with E-state index in [1.807, 2.05) is 19.9 Å². The zero-order chi connectivity index (χ0) is 19.1. The Balaban J connectivity index is 1.97. The van der Waals surface area contributed by atoms with Gasteiger partial charge in [-0.15, -0.1) is 0 Å². The average Bonchev–Trinajstić information content (AvgIpc) is 2.58. The highest BCUT2D eigenvalue weighted by Crippen LogP contribution is 2.20. The smallest absolute Gasteiger partial charge is 0.120 e. The van der Waals surface area contributed by atoms with Gasteiger partial charge in [-0.05, 0) is 51.3 Å². The van der Waals surface area contributed by atoms with E-state index in [4.69, 9.17) is 4.74 Å². The third kappa shape index (κ3) is 13.3. The zero-order valence-corrected chi connectivity index (χ0v) is 17.8. The number of unbranched alkanes of at least 4 members (excludes halogenated alkanes) is 12. The topological polar surface area (TPSA) is 9.23 Å². The maximum Gasteiger partial charge on any atom is 0.120 e. The summed E-state index contributed by atoms with van der Waals surface area (Å²) < 4.78 is 5.85. The van der Waals surface area contributed by atoms with Crippen molar-refractivity contribution in [1.82, 2.24) is 0 Å². The van der Waals surface area contributed by atoms with Gasteiger partial charge in [0.2, 0.25) is 0 Å². The molecule has 0 atom stereocenters. The van der Waals surface area contributed by atoms with Gasteiger partial charge >= 0.3 is 0 Å². The molecule has 0 aliphatic heterocycles. The zero-order valence-electron chi connectivity index (χ0n) is 17.8. The Bertz CT molecular complexity index is 444. The van der Waals surface area contributed by atoms with Crippen molar-refractivity contribution in [3.05, 3.63) is 36.8 Å². The Morgan fingerprint density at radius 1 is 0.769 bits per heavy atom. The van der Waals surface area contributed by atoms with Crippen LogP contribution in [0.2, 0.25) is 0 Å². The monoisotopic (exact) mass is 359 g/mol. The number of rotatable bonds is 16. The van der Waals surface area contributed by atoms with Crippen molar-refractivity contribution < 1.29 is 4.74 Å². The van der Waals surface area contributed by atoms with Gasteiger partial charge in [-0.25, -0.2) is 0 Å². The highest BCUT2D eigenvalue weighted by molar-refractivity contribution is 5.29. The second kappa shape index (κ2) is 14.1. The first-order chi connectivity index (χ1) is 12.5. The van der Waals surface area contributed by atoms with Gasteiger partial charge in [0, 0.05) is 0 Å². The van der Waals surface area contributed by atoms with Gasteiger partial charge in [-0.1, -0.05) is 96.1 Å². The fraction of sp³-hybridized carbons (Fsp3) is 0.720. The molecule has 0 aromatic heterocycles. The van der Waals surface area contributed by atoms with Crippen LogP contribution in [0.3, 0.4) is 0 Å². The standard InChI is InChI=1S/C25H43O/c1-5-6-7-8-9-10-11-12-13-14-15-16-17-19-23-20-18-21-24(22-23)26-25(2,3)4/h18,20-22H,2,5-17,19H2,1,3-4H3. The summed E-state index contributed by atoms with van der Waals surface area (Å²) in [5, 5.41) is 0. The van der Waals surface area contributed by atoms with Crippen LogP contribution in [0.5, 0.6) is 5.75 Å². The second-order valence-corrected chi connectivity index (χ2v) is 8.50. The largest absolute Gasteiger partial charge is 0.488 e. The highest BCUT2D eigenvalue weighted by Gasteiger charge is 2.11. The Kier molecular flexibility index (Phi) is 12.5. The van der Waals surface area contributed by atoms with Crippen LogP contribution in [0.15, 0.2) is 24.3 Å². The average molecular weight is 360 g/mol. The quantitative estimate of drug-likeness (QED) is 0.270. The third-order valence-electron chi connectivity index (χ3n) is 4.86. The van der Waals surface area contributed by atoms with Crippen molar-refractivity contribution in [2.45, 2.75) is 116 Å². The van der Waals surface area contributed by atoms with Crippen molar-refractivity contribution in [2.75, 3.05) is 0 Å². The molecule has 1 radical (unpaired) electrons. The van der Waals surface area contributed by atoms with Crippen LogP contribution in [0.4, 0.5) is 0 Å². The maximum absolute atomic E-state index is 5.85. The summed E-state index contributed by atoms with van der Waals surface area (Å²) in [5.74, 6) is 0.942. The molecule has 0 spiro atoms. The van der Waals surface area contributed by atoms with E-state index >= 15 is 0 Å². The molecule has 1 nitrogen and oxygen atoms in total. The van der Waals surface area contributed by atoms with Gasteiger partial charge in [0.1, 0.15) is 11.4 Å². The van der Waals surface area contributed by atoms with Crippen LogP contribution in [-0.2, 0) is 6.42 Å². The molecule has 0 saturated heterocycles. The Hall–Kier alpha value is -0.980. The molecule has 0 saturated carbocycles. The third-order valence-corrected chi connectivity index (χ3v) is 4.86. The lowest BCUT2D eigenvalue weighted by Crippen LogP contribution is -2.23. The van der Waals surface area contributed by atoms with Gasteiger partial charge < -0.3 is 4.74 Å². The van der Waals surface area contributed by atoms with Gasteiger partial charge in [0.15, 0.2) is 0 Å². The van der Waals surface area contributed by atoms with Crippen LogP contribution >= 0.6 is 0 Å². The molecule has 26 heavy (non-hydrogen) atoms. The molecule has 0 aliphatic carbocycles. The fourth-order valence-corrected chi connectivity index (χ4v) is 3.43. The molecule has 0 aliphatic rings. The molecular weight excluding hydrogens is 316 g/mol. The van der Waals surface area contributed by atoms with Crippen molar-refractivity contribution in [3.63, 3.8) is 0 Å². The van der Waals surface area contributed by atoms with E-state index in [0.29, 0.717) is 0 Å². The first kappa shape index (κ1) is 23.1. The molecule has 0 fully saturated rings. The van der Waals surface area contributed by atoms with E-state index in [0.717, 1.165) is 12.2 Å². The minimum absolute atomic E-state index is 0.367. The summed E-state index contributed by atoms with van der Waals surface area (Å²) in [7, 11) is 0. The summed E-state index contributed by atoms with van der Waals surface area (Å²) in [6.45, 7) is 10.3. The van der Waals surface area contributed by atoms with E-state index in [9.17, 15) is 0 Å². The van der Waals surface area contributed by atoms with Crippen LogP contribution in [0.25, 0.3) is 0 Å². The molecule has 0 N–H and O–H groups in total. The predicted molar refractivity (Wildman–Crippen MR) is 116 cm³/mol. The number of aryl methyl sites for hydroxylation is 1. The van der Waals surface area contributed by atoms with Crippen molar-refractivity contribution in [1.29, 1.82) is 0 Å². The van der Waals surface area contributed by atoms with E-state index in [-0.39, 0.29) is 5.60 Å². The lowest BCUT2D eigenvalue weighted by molar-refractivity contribution is 0.159. The van der Waals surface area contributed by atoms with Crippen molar-refractivity contribution >= 4 is 0 Å². The molecule has 149 valence electrons. The van der Waals surface area contributed by atoms with Crippen molar-refractivity contribution in [3.8, 4) is 5.75 Å². The SMILES string of the molecule is [CH2]C(C)(C)Oc1cccc(CCCCCCCCCCCCCCC)c1. The highest BCUT2D eigenvalue weighted by atomic mass is 16.5. The molecule has 1 aromatic carbocycles. The Labute approximate surface area is 163 Å². The lowest BCUT2D eigenvalue weighted by atomic mass is 10.0. The van der Waals surface area contributed by atoms with E-state index in [2.05, 4.69) is 32.0 Å². The summed E-state index contributed by atoms with van der Waals surface area (Å²) in [4.78, 5) is 0. The molecule has 1 heteroatoms. The van der Waals surface area contributed by atoms with Crippen LogP contribution in [0.1, 0.15) is 110 Å². The summed E-state index contributed by atoms with van der Waals surface area (Å²) >= 11 is 0. The molecule has 1 aromatic rings. The summed E-state index contributed by atoms with van der Waals surface area (Å²) in [5.41, 5.74) is 1.02. The molecule has 0 amide bonds. The number of ether oxygens (including phenoxy) is 1. The Morgan fingerprint density at radius 3 is 1.77 bits per heavy atom. The minimum atomic E-state index is -0.367. The van der Waals surface area contributed by atoms with Crippen LogP contribution in [0, 0.1) is 6.92 Å². The minimum Gasteiger partial charge on any atom is -0.488 e. The number of benzene rings is 1. The first-order valence-electron chi connectivity index (χ1n) is 11.1.